The van der Waals surface area contributed by atoms with Gasteiger partial charge in [0.1, 0.15) is 0 Å². The highest BCUT2D eigenvalue weighted by Crippen LogP contribution is 2.43. The summed E-state index contributed by atoms with van der Waals surface area (Å²) in [6, 6.07) is 0. The topological polar surface area (TPSA) is 51.4 Å². The molecule has 17 heavy (non-hydrogen) atoms. The Balaban J connectivity index is 2.47. The molecule has 0 saturated carbocycles. The third-order valence-corrected chi connectivity index (χ3v) is 2.85. The van der Waals surface area contributed by atoms with Crippen molar-refractivity contribution in [3.05, 3.63) is 0 Å². The minimum atomic E-state index is -1.14. The lowest BCUT2D eigenvalue weighted by molar-refractivity contribution is -0.154. The second kappa shape index (κ2) is 5.36. The molecule has 1 atom stereocenters. The van der Waals surface area contributed by atoms with E-state index in [-0.39, 0.29) is 17.3 Å². The molecule has 0 spiro atoms. The maximum absolute atomic E-state index is 11.9. The summed E-state index contributed by atoms with van der Waals surface area (Å²) in [7, 11) is 0. The van der Waals surface area contributed by atoms with Gasteiger partial charge < -0.3 is 4.74 Å². The van der Waals surface area contributed by atoms with Gasteiger partial charge in [0.05, 0.1) is 6.61 Å². The van der Waals surface area contributed by atoms with Crippen LogP contribution in [-0.4, -0.2) is 18.4 Å². The zero-order valence-electron chi connectivity index (χ0n) is 11.5. The van der Waals surface area contributed by atoms with E-state index in [1.165, 1.54) is 0 Å². The molecule has 1 aliphatic heterocycles. The maximum Gasteiger partial charge on any atom is 0.372 e. The van der Waals surface area contributed by atoms with Crippen LogP contribution < -0.4 is 0 Å². The number of rotatable bonds is 6. The van der Waals surface area contributed by atoms with Gasteiger partial charge in [0, 0.05) is 5.92 Å². The van der Waals surface area contributed by atoms with Crippen LogP contribution >= 0.6 is 0 Å². The molecule has 0 radical (unpaired) electrons. The van der Waals surface area contributed by atoms with Gasteiger partial charge in [0.2, 0.25) is 0 Å². The minimum absolute atomic E-state index is 0.00312. The van der Waals surface area contributed by atoms with E-state index in [1.807, 2.05) is 6.92 Å². The van der Waals surface area contributed by atoms with Crippen molar-refractivity contribution in [1.29, 1.82) is 0 Å². The van der Waals surface area contributed by atoms with Crippen molar-refractivity contribution in [2.75, 3.05) is 6.61 Å². The minimum Gasteiger partial charge on any atom is -0.462 e. The zero-order valence-corrected chi connectivity index (χ0v) is 11.5. The highest BCUT2D eigenvalue weighted by atomic mass is 17.4. The van der Waals surface area contributed by atoms with Crippen molar-refractivity contribution in [3.8, 4) is 0 Å². The molecular weight excluding hydrogens is 220 g/mol. The Morgan fingerprint density at radius 3 is 2.35 bits per heavy atom. The number of hydrogen-bond donors (Lipinski definition) is 0. The first-order valence-electron chi connectivity index (χ1n) is 6.36. The first kappa shape index (κ1) is 14.5. The summed E-state index contributed by atoms with van der Waals surface area (Å²) >= 11 is 0. The summed E-state index contributed by atoms with van der Waals surface area (Å²) in [5, 5.41) is 0. The van der Waals surface area contributed by atoms with Crippen molar-refractivity contribution in [3.63, 3.8) is 0 Å². The Hall–Kier alpha value is -0.610. The van der Waals surface area contributed by atoms with Gasteiger partial charge in [-0.15, -0.1) is 0 Å². The molecule has 4 nitrogen and oxygen atoms in total. The number of carbonyl (C=O) groups excluding carboxylic acids is 1. The fourth-order valence-electron chi connectivity index (χ4n) is 1.94. The van der Waals surface area contributed by atoms with E-state index in [1.54, 1.807) is 0 Å². The van der Waals surface area contributed by atoms with Crippen molar-refractivity contribution in [2.24, 2.45) is 11.3 Å². The number of ether oxygens (including phenoxy) is 1. The fraction of sp³-hybridized carbons (Fsp3) is 0.923. The highest BCUT2D eigenvalue weighted by molar-refractivity contribution is 5.79. The standard InChI is InChI=1S/C13H24O4/c1-6-7-8-15-11(14)13(16-17-13)10(2)9-12(3,4)5/h10H,6-9H2,1-5H3. The molecule has 1 aliphatic rings. The summed E-state index contributed by atoms with van der Waals surface area (Å²) in [4.78, 5) is 21.7. The van der Waals surface area contributed by atoms with Gasteiger partial charge in [0.25, 0.3) is 0 Å². The van der Waals surface area contributed by atoms with Gasteiger partial charge in [0.15, 0.2) is 0 Å². The molecule has 1 rings (SSSR count). The number of esters is 1. The fourth-order valence-corrected chi connectivity index (χ4v) is 1.94. The number of unbranched alkanes of at least 4 members (excludes halogenated alkanes) is 1. The van der Waals surface area contributed by atoms with Crippen LogP contribution in [0.25, 0.3) is 0 Å². The van der Waals surface area contributed by atoms with Crippen molar-refractivity contribution >= 4 is 5.97 Å². The largest absolute Gasteiger partial charge is 0.462 e. The van der Waals surface area contributed by atoms with E-state index in [4.69, 9.17) is 14.5 Å². The van der Waals surface area contributed by atoms with Crippen LogP contribution in [0.2, 0.25) is 0 Å². The highest BCUT2D eigenvalue weighted by Gasteiger charge is 2.62. The summed E-state index contributed by atoms with van der Waals surface area (Å²) in [5.74, 6) is -1.53. The predicted molar refractivity (Wildman–Crippen MR) is 64.0 cm³/mol. The van der Waals surface area contributed by atoms with E-state index < -0.39 is 5.79 Å². The van der Waals surface area contributed by atoms with Gasteiger partial charge in [-0.25, -0.2) is 4.79 Å². The number of carbonyl (C=O) groups is 1. The quantitative estimate of drug-likeness (QED) is 0.312. The van der Waals surface area contributed by atoms with E-state index >= 15 is 0 Å². The SMILES string of the molecule is CCCCOC(=O)C1(C(C)CC(C)(C)C)OO1. The van der Waals surface area contributed by atoms with Crippen LogP contribution in [0.4, 0.5) is 0 Å². The van der Waals surface area contributed by atoms with Gasteiger partial charge in [-0.05, 0) is 18.3 Å². The molecule has 0 N–H and O–H groups in total. The molecule has 1 saturated heterocycles. The van der Waals surface area contributed by atoms with Gasteiger partial charge in [-0.2, -0.15) is 9.78 Å². The van der Waals surface area contributed by atoms with Crippen LogP contribution in [0.15, 0.2) is 0 Å². The predicted octanol–water partition coefficient (Wildman–Crippen LogP) is 3.06. The summed E-state index contributed by atoms with van der Waals surface area (Å²) < 4.78 is 5.16. The third kappa shape index (κ3) is 3.96. The normalized spacial score (nSPS) is 19.8. The van der Waals surface area contributed by atoms with Crippen LogP contribution in [-0.2, 0) is 19.3 Å². The molecule has 0 aliphatic carbocycles. The second-order valence-corrected chi connectivity index (χ2v) is 5.99. The van der Waals surface area contributed by atoms with Crippen LogP contribution in [0.3, 0.4) is 0 Å². The summed E-state index contributed by atoms with van der Waals surface area (Å²) in [6.45, 7) is 10.8. The molecule has 1 unspecified atom stereocenters. The van der Waals surface area contributed by atoms with Crippen LogP contribution in [0, 0.1) is 11.3 Å². The molecular formula is C13H24O4. The van der Waals surface area contributed by atoms with Gasteiger partial charge in [-0.3, -0.25) is 0 Å². The van der Waals surface area contributed by atoms with Gasteiger partial charge >= 0.3 is 11.8 Å². The van der Waals surface area contributed by atoms with Crippen LogP contribution in [0.1, 0.15) is 53.9 Å². The lowest BCUT2D eigenvalue weighted by atomic mass is 9.82. The molecule has 1 fully saturated rings. The molecule has 0 bridgehead atoms. The molecule has 1 heterocycles. The Kier molecular flexibility index (Phi) is 4.55. The Morgan fingerprint density at radius 1 is 1.35 bits per heavy atom. The van der Waals surface area contributed by atoms with E-state index in [9.17, 15) is 4.79 Å². The summed E-state index contributed by atoms with van der Waals surface area (Å²) in [5.41, 5.74) is 0.130. The number of hydrogen-bond acceptors (Lipinski definition) is 4. The smallest absolute Gasteiger partial charge is 0.372 e. The van der Waals surface area contributed by atoms with E-state index in [0.29, 0.717) is 6.61 Å². The van der Waals surface area contributed by atoms with Crippen molar-refractivity contribution in [2.45, 2.75) is 59.7 Å². The first-order valence-corrected chi connectivity index (χ1v) is 6.36. The van der Waals surface area contributed by atoms with Gasteiger partial charge in [-0.1, -0.05) is 41.0 Å². The van der Waals surface area contributed by atoms with E-state index in [2.05, 4.69) is 27.7 Å². The lowest BCUT2D eigenvalue weighted by Gasteiger charge is -2.24. The monoisotopic (exact) mass is 244 g/mol. The maximum atomic E-state index is 11.9. The average molecular weight is 244 g/mol. The molecule has 100 valence electrons. The zero-order chi connectivity index (χ0) is 13.1. The van der Waals surface area contributed by atoms with Crippen LogP contribution in [0.5, 0.6) is 0 Å². The Morgan fingerprint density at radius 2 is 1.94 bits per heavy atom. The van der Waals surface area contributed by atoms with Crippen molar-refractivity contribution in [1.82, 2.24) is 0 Å². The molecule has 0 aromatic rings. The van der Waals surface area contributed by atoms with E-state index in [0.717, 1.165) is 19.3 Å². The second-order valence-electron chi connectivity index (χ2n) is 5.99. The Labute approximate surface area is 104 Å². The third-order valence-electron chi connectivity index (χ3n) is 2.85. The molecule has 0 amide bonds. The average Bonchev–Trinajstić information content (AvgIpc) is 2.95. The first-order chi connectivity index (χ1) is 7.82. The summed E-state index contributed by atoms with van der Waals surface area (Å²) in [6.07, 6.45) is 2.71. The Bertz CT molecular complexity index is 263. The van der Waals surface area contributed by atoms with Crippen molar-refractivity contribution < 1.29 is 19.3 Å². The molecule has 4 heteroatoms. The lowest BCUT2D eigenvalue weighted by Crippen LogP contribution is -2.35. The molecule has 0 aromatic carbocycles. The molecule has 0 aromatic heterocycles.